The molecule has 1 saturated heterocycles. The molecule has 122 valence electrons. The predicted octanol–water partition coefficient (Wildman–Crippen LogP) is 3.34. The average Bonchev–Trinajstić information content (AvgIpc) is 2.87. The summed E-state index contributed by atoms with van der Waals surface area (Å²) in [6.07, 6.45) is 4.26. The van der Waals surface area contributed by atoms with Crippen LogP contribution in [0.5, 0.6) is 0 Å². The van der Waals surface area contributed by atoms with E-state index in [4.69, 9.17) is 4.98 Å². The zero-order chi connectivity index (χ0) is 16.1. The Labute approximate surface area is 139 Å². The van der Waals surface area contributed by atoms with Crippen LogP contribution in [0.2, 0.25) is 0 Å². The number of rotatable bonds is 4. The van der Waals surface area contributed by atoms with E-state index < -0.39 is 0 Å². The van der Waals surface area contributed by atoms with Gasteiger partial charge in [-0.25, -0.2) is 0 Å². The molecule has 1 aromatic heterocycles. The van der Waals surface area contributed by atoms with Gasteiger partial charge in [-0.1, -0.05) is 42.8 Å². The van der Waals surface area contributed by atoms with Crippen molar-refractivity contribution in [3.63, 3.8) is 0 Å². The third-order valence-corrected chi connectivity index (χ3v) is 4.67. The van der Waals surface area contributed by atoms with E-state index in [-0.39, 0.29) is 6.04 Å². The fraction of sp³-hybridized carbons (Fsp3) is 0.450. The summed E-state index contributed by atoms with van der Waals surface area (Å²) >= 11 is 0. The number of hydrogen-bond acceptors (Lipinski definition) is 3. The standard InChI is InChI=1S/C20H27N3/c1-3-17-7-10-19(22-15-17)20(18-8-5-16(2)6-9-18)23-13-4-11-21-12-14-23/h5-10,15,20-21H,3-4,11-14H2,1-2H3. The van der Waals surface area contributed by atoms with Crippen molar-refractivity contribution in [2.24, 2.45) is 0 Å². The molecule has 23 heavy (non-hydrogen) atoms. The molecule has 0 amide bonds. The van der Waals surface area contributed by atoms with Crippen LogP contribution in [0, 0.1) is 6.92 Å². The average molecular weight is 309 g/mol. The molecule has 0 aliphatic carbocycles. The Morgan fingerprint density at radius 3 is 2.61 bits per heavy atom. The van der Waals surface area contributed by atoms with Crippen molar-refractivity contribution in [2.75, 3.05) is 26.2 Å². The van der Waals surface area contributed by atoms with Crippen LogP contribution < -0.4 is 5.32 Å². The molecule has 0 saturated carbocycles. The summed E-state index contributed by atoms with van der Waals surface area (Å²) in [4.78, 5) is 7.36. The van der Waals surface area contributed by atoms with E-state index in [1.165, 1.54) is 23.1 Å². The largest absolute Gasteiger partial charge is 0.315 e. The molecule has 2 heterocycles. The first kappa shape index (κ1) is 16.2. The molecule has 1 aliphatic heterocycles. The van der Waals surface area contributed by atoms with Crippen LogP contribution in [0.3, 0.4) is 0 Å². The summed E-state index contributed by atoms with van der Waals surface area (Å²) in [5.74, 6) is 0. The molecule has 0 bridgehead atoms. The lowest BCUT2D eigenvalue weighted by Gasteiger charge is -2.30. The second kappa shape index (κ2) is 7.71. The summed E-state index contributed by atoms with van der Waals surface area (Å²) in [6.45, 7) is 8.66. The van der Waals surface area contributed by atoms with Crippen molar-refractivity contribution in [1.82, 2.24) is 15.2 Å². The highest BCUT2D eigenvalue weighted by Gasteiger charge is 2.24. The minimum Gasteiger partial charge on any atom is -0.315 e. The molecule has 3 nitrogen and oxygen atoms in total. The molecule has 1 N–H and O–H groups in total. The highest BCUT2D eigenvalue weighted by Crippen LogP contribution is 2.28. The molecule has 2 aromatic rings. The monoisotopic (exact) mass is 309 g/mol. The van der Waals surface area contributed by atoms with Crippen LogP contribution in [0.25, 0.3) is 0 Å². The molecule has 3 heteroatoms. The van der Waals surface area contributed by atoms with Gasteiger partial charge in [0.1, 0.15) is 0 Å². The maximum atomic E-state index is 4.79. The minimum atomic E-state index is 0.251. The van der Waals surface area contributed by atoms with E-state index in [9.17, 15) is 0 Å². The minimum absolute atomic E-state index is 0.251. The van der Waals surface area contributed by atoms with Gasteiger partial charge in [-0.15, -0.1) is 0 Å². The number of pyridine rings is 1. The Bertz CT molecular complexity index is 596. The molecule has 3 rings (SSSR count). The zero-order valence-corrected chi connectivity index (χ0v) is 14.3. The van der Waals surface area contributed by atoms with E-state index in [1.807, 2.05) is 6.20 Å². The number of benzene rings is 1. The molecule has 1 aliphatic rings. The summed E-state index contributed by atoms with van der Waals surface area (Å²) in [6, 6.07) is 13.6. The molecule has 0 spiro atoms. The van der Waals surface area contributed by atoms with Gasteiger partial charge in [0.05, 0.1) is 11.7 Å². The van der Waals surface area contributed by atoms with E-state index in [0.717, 1.165) is 38.3 Å². The lowest BCUT2D eigenvalue weighted by atomic mass is 9.99. The third kappa shape index (κ3) is 3.98. The normalized spacial score (nSPS) is 17.7. The molecule has 1 unspecified atom stereocenters. The molecule has 1 atom stereocenters. The van der Waals surface area contributed by atoms with Gasteiger partial charge in [-0.2, -0.15) is 0 Å². The first-order valence-electron chi connectivity index (χ1n) is 8.74. The van der Waals surface area contributed by atoms with Crippen LogP contribution in [0.4, 0.5) is 0 Å². The van der Waals surface area contributed by atoms with Gasteiger partial charge in [-0.05, 0) is 43.5 Å². The van der Waals surface area contributed by atoms with Crippen molar-refractivity contribution in [1.29, 1.82) is 0 Å². The highest BCUT2D eigenvalue weighted by atomic mass is 15.2. The number of nitrogens with one attached hydrogen (secondary N) is 1. The first-order valence-corrected chi connectivity index (χ1v) is 8.74. The molecular formula is C20H27N3. The van der Waals surface area contributed by atoms with Crippen LogP contribution in [-0.2, 0) is 6.42 Å². The van der Waals surface area contributed by atoms with E-state index in [1.54, 1.807) is 0 Å². The Balaban J connectivity index is 1.95. The molecule has 1 aromatic carbocycles. The van der Waals surface area contributed by atoms with Crippen molar-refractivity contribution < 1.29 is 0 Å². The second-order valence-corrected chi connectivity index (χ2v) is 6.40. The Hall–Kier alpha value is -1.71. The number of aryl methyl sites for hydroxylation is 2. The third-order valence-electron chi connectivity index (χ3n) is 4.67. The lowest BCUT2D eigenvalue weighted by molar-refractivity contribution is 0.237. The summed E-state index contributed by atoms with van der Waals surface area (Å²) < 4.78 is 0. The van der Waals surface area contributed by atoms with E-state index >= 15 is 0 Å². The van der Waals surface area contributed by atoms with E-state index in [2.05, 4.69) is 60.5 Å². The smallest absolute Gasteiger partial charge is 0.0776 e. The summed E-state index contributed by atoms with van der Waals surface area (Å²) in [7, 11) is 0. The van der Waals surface area contributed by atoms with Crippen molar-refractivity contribution in [2.45, 2.75) is 32.7 Å². The quantitative estimate of drug-likeness (QED) is 0.939. The van der Waals surface area contributed by atoms with Gasteiger partial charge >= 0.3 is 0 Å². The molecule has 0 radical (unpaired) electrons. The number of aromatic nitrogens is 1. The van der Waals surface area contributed by atoms with Gasteiger partial charge in [0.15, 0.2) is 0 Å². The highest BCUT2D eigenvalue weighted by molar-refractivity contribution is 5.31. The molecule has 1 fully saturated rings. The molecular weight excluding hydrogens is 282 g/mol. The maximum absolute atomic E-state index is 4.79. The Morgan fingerprint density at radius 2 is 1.91 bits per heavy atom. The fourth-order valence-electron chi connectivity index (χ4n) is 3.25. The van der Waals surface area contributed by atoms with Gasteiger partial charge in [-0.3, -0.25) is 9.88 Å². The fourth-order valence-corrected chi connectivity index (χ4v) is 3.25. The maximum Gasteiger partial charge on any atom is 0.0776 e. The summed E-state index contributed by atoms with van der Waals surface area (Å²) in [5, 5.41) is 3.50. The topological polar surface area (TPSA) is 28.2 Å². The van der Waals surface area contributed by atoms with Crippen LogP contribution >= 0.6 is 0 Å². The zero-order valence-electron chi connectivity index (χ0n) is 14.3. The first-order chi connectivity index (χ1) is 11.3. The number of hydrogen-bond donors (Lipinski definition) is 1. The van der Waals surface area contributed by atoms with Gasteiger partial charge in [0.25, 0.3) is 0 Å². The van der Waals surface area contributed by atoms with Gasteiger partial charge in [0, 0.05) is 25.8 Å². The van der Waals surface area contributed by atoms with Crippen molar-refractivity contribution in [3.05, 3.63) is 65.0 Å². The summed E-state index contributed by atoms with van der Waals surface area (Å²) in [5.41, 5.74) is 5.11. The Kier molecular flexibility index (Phi) is 5.42. The second-order valence-electron chi connectivity index (χ2n) is 6.40. The predicted molar refractivity (Wildman–Crippen MR) is 95.7 cm³/mol. The SMILES string of the molecule is CCc1ccc(C(c2ccc(C)cc2)N2CCCNCC2)nc1. The van der Waals surface area contributed by atoms with Crippen LogP contribution in [0.15, 0.2) is 42.6 Å². The lowest BCUT2D eigenvalue weighted by Crippen LogP contribution is -2.33. The van der Waals surface area contributed by atoms with Gasteiger partial charge in [0.2, 0.25) is 0 Å². The van der Waals surface area contributed by atoms with Crippen LogP contribution in [-0.4, -0.2) is 36.1 Å². The van der Waals surface area contributed by atoms with Crippen LogP contribution in [0.1, 0.15) is 41.8 Å². The van der Waals surface area contributed by atoms with E-state index in [0.29, 0.717) is 0 Å². The number of nitrogens with zero attached hydrogens (tertiary/aromatic N) is 2. The van der Waals surface area contributed by atoms with Crippen molar-refractivity contribution >= 4 is 0 Å². The Morgan fingerprint density at radius 1 is 1.09 bits per heavy atom. The van der Waals surface area contributed by atoms with Crippen molar-refractivity contribution in [3.8, 4) is 0 Å². The van der Waals surface area contributed by atoms with Gasteiger partial charge < -0.3 is 5.32 Å².